The molecule has 1 rings (SSSR count). The molecule has 0 aromatic carbocycles. The molecule has 60 valence electrons. The number of aromatic nitrogens is 1. The lowest BCUT2D eigenvalue weighted by atomic mass is 10.3. The van der Waals surface area contributed by atoms with Gasteiger partial charge >= 0.3 is 0 Å². The highest BCUT2D eigenvalue weighted by molar-refractivity contribution is 5.42. The lowest BCUT2D eigenvalue weighted by Gasteiger charge is -2.00. The summed E-state index contributed by atoms with van der Waals surface area (Å²) in [6.45, 7) is 4.28. The minimum atomic E-state index is 0.430. The highest BCUT2D eigenvalue weighted by Crippen LogP contribution is 2.04. The van der Waals surface area contributed by atoms with Crippen LogP contribution in [-0.2, 0) is 0 Å². The van der Waals surface area contributed by atoms with Crippen LogP contribution >= 0.6 is 0 Å². The molecule has 1 N–H and O–H groups in total. The fourth-order valence-electron chi connectivity index (χ4n) is 0.755. The Morgan fingerprint density at radius 1 is 1.67 bits per heavy atom. The molecule has 0 saturated heterocycles. The predicted octanol–water partition coefficient (Wildman–Crippen LogP) is 1.55. The summed E-state index contributed by atoms with van der Waals surface area (Å²) in [4.78, 5) is 3.89. The van der Waals surface area contributed by atoms with Crippen molar-refractivity contribution in [1.29, 1.82) is 5.26 Å². The molecule has 3 heteroatoms. The van der Waals surface area contributed by atoms with Crippen LogP contribution in [0.1, 0.15) is 5.69 Å². The Balaban J connectivity index is 2.66. The molecule has 0 aliphatic carbocycles. The van der Waals surface area contributed by atoms with Crippen molar-refractivity contribution in [2.24, 2.45) is 0 Å². The van der Waals surface area contributed by atoms with E-state index in [9.17, 15) is 0 Å². The second-order valence-electron chi connectivity index (χ2n) is 2.21. The van der Waals surface area contributed by atoms with Crippen LogP contribution in [0.15, 0.2) is 31.0 Å². The Bertz CT molecular complexity index is 295. The average molecular weight is 159 g/mol. The maximum Gasteiger partial charge on any atom is 0.140 e. The Labute approximate surface area is 71.4 Å². The van der Waals surface area contributed by atoms with Crippen molar-refractivity contribution < 1.29 is 0 Å². The van der Waals surface area contributed by atoms with Gasteiger partial charge in [0.15, 0.2) is 0 Å². The number of nitrogens with one attached hydrogen (secondary N) is 1. The second kappa shape index (κ2) is 4.14. The molecule has 1 heterocycles. The van der Waals surface area contributed by atoms with Crippen molar-refractivity contribution in [2.45, 2.75) is 0 Å². The van der Waals surface area contributed by atoms with E-state index in [0.717, 1.165) is 5.69 Å². The fourth-order valence-corrected chi connectivity index (χ4v) is 0.755. The molecule has 0 atom stereocenters. The van der Waals surface area contributed by atoms with Crippen molar-refractivity contribution in [2.75, 3.05) is 11.9 Å². The van der Waals surface area contributed by atoms with Crippen LogP contribution < -0.4 is 5.32 Å². The summed E-state index contributed by atoms with van der Waals surface area (Å²) in [7, 11) is 0. The van der Waals surface area contributed by atoms with Crippen LogP contribution in [0.5, 0.6) is 0 Å². The molecule has 0 fully saturated rings. The molecular formula is C9H9N3. The van der Waals surface area contributed by atoms with Gasteiger partial charge in [0, 0.05) is 6.54 Å². The summed E-state index contributed by atoms with van der Waals surface area (Å²) in [5.41, 5.74) is 1.33. The number of hydrogen-bond donors (Lipinski definition) is 1. The molecule has 12 heavy (non-hydrogen) atoms. The Hall–Kier alpha value is -1.82. The van der Waals surface area contributed by atoms with Gasteiger partial charge in [-0.1, -0.05) is 6.08 Å². The van der Waals surface area contributed by atoms with Gasteiger partial charge in [-0.2, -0.15) is 5.26 Å². The zero-order valence-corrected chi connectivity index (χ0v) is 6.62. The zero-order valence-electron chi connectivity index (χ0n) is 6.62. The number of pyridine rings is 1. The SMILES string of the molecule is C=CCNc1ccc(C#N)nc1. The van der Waals surface area contributed by atoms with Crippen molar-refractivity contribution in [3.63, 3.8) is 0 Å². The fraction of sp³-hybridized carbons (Fsp3) is 0.111. The van der Waals surface area contributed by atoms with Gasteiger partial charge in [-0.05, 0) is 12.1 Å². The molecule has 0 bridgehead atoms. The number of hydrogen-bond acceptors (Lipinski definition) is 3. The van der Waals surface area contributed by atoms with E-state index in [1.54, 1.807) is 18.3 Å². The summed E-state index contributed by atoms with van der Waals surface area (Å²) in [5, 5.41) is 11.5. The van der Waals surface area contributed by atoms with Gasteiger partial charge in [0.2, 0.25) is 0 Å². The van der Waals surface area contributed by atoms with Crippen molar-refractivity contribution in [3.8, 4) is 6.07 Å². The Kier molecular flexibility index (Phi) is 2.86. The summed E-state index contributed by atoms with van der Waals surface area (Å²) in [6, 6.07) is 5.44. The molecule has 0 aliphatic heterocycles. The third-order valence-corrected chi connectivity index (χ3v) is 1.33. The standard InChI is InChI=1S/C9H9N3/c1-2-5-11-9-4-3-8(6-10)12-7-9/h2-4,7,11H,1,5H2. The summed E-state index contributed by atoms with van der Waals surface area (Å²) < 4.78 is 0. The van der Waals surface area contributed by atoms with E-state index in [0.29, 0.717) is 12.2 Å². The Morgan fingerprint density at radius 2 is 2.50 bits per heavy atom. The Morgan fingerprint density at radius 3 is 3.00 bits per heavy atom. The van der Waals surface area contributed by atoms with Crippen LogP contribution in [0.3, 0.4) is 0 Å². The van der Waals surface area contributed by atoms with E-state index >= 15 is 0 Å². The third-order valence-electron chi connectivity index (χ3n) is 1.33. The zero-order chi connectivity index (χ0) is 8.81. The molecule has 0 unspecified atom stereocenters. The van der Waals surface area contributed by atoms with Crippen molar-refractivity contribution >= 4 is 5.69 Å². The van der Waals surface area contributed by atoms with Gasteiger partial charge in [0.25, 0.3) is 0 Å². The molecule has 0 aliphatic rings. The van der Waals surface area contributed by atoms with E-state index in [-0.39, 0.29) is 0 Å². The molecule has 1 aromatic rings. The number of anilines is 1. The smallest absolute Gasteiger partial charge is 0.140 e. The van der Waals surface area contributed by atoms with Gasteiger partial charge in [-0.3, -0.25) is 0 Å². The summed E-state index contributed by atoms with van der Waals surface area (Å²) in [6.07, 6.45) is 3.39. The number of nitriles is 1. The van der Waals surface area contributed by atoms with E-state index in [2.05, 4.69) is 16.9 Å². The van der Waals surface area contributed by atoms with Crippen LogP contribution in [-0.4, -0.2) is 11.5 Å². The van der Waals surface area contributed by atoms with Gasteiger partial charge < -0.3 is 5.32 Å². The van der Waals surface area contributed by atoms with E-state index < -0.39 is 0 Å². The van der Waals surface area contributed by atoms with Crippen molar-refractivity contribution in [3.05, 3.63) is 36.7 Å². The number of nitrogens with zero attached hydrogens (tertiary/aromatic N) is 2. The van der Waals surface area contributed by atoms with Gasteiger partial charge in [0.1, 0.15) is 11.8 Å². The predicted molar refractivity (Wildman–Crippen MR) is 47.6 cm³/mol. The highest BCUT2D eigenvalue weighted by Gasteiger charge is 1.91. The quantitative estimate of drug-likeness (QED) is 0.681. The van der Waals surface area contributed by atoms with Gasteiger partial charge in [-0.15, -0.1) is 6.58 Å². The van der Waals surface area contributed by atoms with Crippen LogP contribution in [0.2, 0.25) is 0 Å². The van der Waals surface area contributed by atoms with E-state index in [4.69, 9.17) is 5.26 Å². The number of rotatable bonds is 3. The monoisotopic (exact) mass is 159 g/mol. The third kappa shape index (κ3) is 2.10. The first-order valence-corrected chi connectivity index (χ1v) is 3.57. The normalized spacial score (nSPS) is 8.58. The molecule has 0 amide bonds. The van der Waals surface area contributed by atoms with Crippen molar-refractivity contribution in [1.82, 2.24) is 4.98 Å². The first-order chi connectivity index (χ1) is 5.86. The summed E-state index contributed by atoms with van der Waals surface area (Å²) in [5.74, 6) is 0. The molecule has 0 saturated carbocycles. The maximum absolute atomic E-state index is 8.46. The first-order valence-electron chi connectivity index (χ1n) is 3.57. The first kappa shape index (κ1) is 8.28. The topological polar surface area (TPSA) is 48.7 Å². The molecule has 3 nitrogen and oxygen atoms in total. The molecule has 0 radical (unpaired) electrons. The maximum atomic E-state index is 8.46. The largest absolute Gasteiger partial charge is 0.380 e. The van der Waals surface area contributed by atoms with Crippen LogP contribution in [0.25, 0.3) is 0 Å². The summed E-state index contributed by atoms with van der Waals surface area (Å²) >= 11 is 0. The molecular weight excluding hydrogens is 150 g/mol. The minimum Gasteiger partial charge on any atom is -0.380 e. The molecule has 1 aromatic heterocycles. The highest BCUT2D eigenvalue weighted by atomic mass is 14.9. The van der Waals surface area contributed by atoms with E-state index in [1.165, 1.54) is 0 Å². The lowest BCUT2D eigenvalue weighted by molar-refractivity contribution is 1.23. The van der Waals surface area contributed by atoms with E-state index in [1.807, 2.05) is 12.1 Å². The lowest BCUT2D eigenvalue weighted by Crippen LogP contribution is -1.97. The average Bonchev–Trinajstić information content (AvgIpc) is 2.15. The van der Waals surface area contributed by atoms with Crippen LogP contribution in [0, 0.1) is 11.3 Å². The van der Waals surface area contributed by atoms with Gasteiger partial charge in [-0.25, -0.2) is 4.98 Å². The van der Waals surface area contributed by atoms with Crippen LogP contribution in [0.4, 0.5) is 5.69 Å². The molecule has 0 spiro atoms. The second-order valence-corrected chi connectivity index (χ2v) is 2.21. The van der Waals surface area contributed by atoms with Gasteiger partial charge in [0.05, 0.1) is 11.9 Å². The minimum absolute atomic E-state index is 0.430.